The van der Waals surface area contributed by atoms with Gasteiger partial charge in [-0.05, 0) is 19.3 Å². The van der Waals surface area contributed by atoms with Gasteiger partial charge in [0, 0.05) is 23.7 Å². The molecule has 230 valence electrons. The molecule has 2 bridgehead atoms. The van der Waals surface area contributed by atoms with Crippen LogP contribution in [0.15, 0.2) is 0 Å². The Bertz CT molecular complexity index is 686. The highest BCUT2D eigenvalue weighted by Gasteiger charge is 2.50. The number of alkyl carbamates (subject to hydrolysis) is 1. The topological polar surface area (TPSA) is 103 Å². The minimum atomic E-state index is -4.10. The van der Waals surface area contributed by atoms with Crippen LogP contribution in [0.2, 0.25) is 0 Å². The average molecular weight is 641 g/mol. The predicted molar refractivity (Wildman–Crippen MR) is 159 cm³/mol. The molecule has 0 aromatic carbocycles. The van der Waals surface area contributed by atoms with Crippen molar-refractivity contribution < 1.29 is 32.8 Å². The van der Waals surface area contributed by atoms with Crippen LogP contribution in [0.5, 0.6) is 0 Å². The van der Waals surface area contributed by atoms with E-state index in [0.717, 1.165) is 25.7 Å². The SMILES string of the molecule is CCCCCCCCCCCCCCCCCCNC(=O)OC[C@@H]1[C@@H](COP(=O)(O)OCCBr)[C@H]2CC[C@@H]1O2. The van der Waals surface area contributed by atoms with Crippen molar-refractivity contribution in [2.75, 3.05) is 31.7 Å². The fraction of sp³-hybridized carbons (Fsp3) is 0.966. The van der Waals surface area contributed by atoms with Crippen LogP contribution >= 0.6 is 23.8 Å². The highest BCUT2D eigenvalue weighted by molar-refractivity contribution is 9.09. The van der Waals surface area contributed by atoms with Crippen LogP contribution in [-0.2, 0) is 23.1 Å². The van der Waals surface area contributed by atoms with Crippen molar-refractivity contribution in [1.82, 2.24) is 5.32 Å². The molecule has 0 radical (unpaired) electrons. The zero-order valence-corrected chi connectivity index (χ0v) is 26.8. The molecular weight excluding hydrogens is 585 g/mol. The Hall–Kier alpha value is -0.180. The van der Waals surface area contributed by atoms with E-state index in [1.807, 2.05) is 0 Å². The van der Waals surface area contributed by atoms with E-state index in [4.69, 9.17) is 18.5 Å². The molecule has 39 heavy (non-hydrogen) atoms. The number of halogens is 1. The summed E-state index contributed by atoms with van der Waals surface area (Å²) in [4.78, 5) is 22.0. The summed E-state index contributed by atoms with van der Waals surface area (Å²) in [5.74, 6) is -0.133. The molecule has 1 amide bonds. The molecule has 2 heterocycles. The maximum absolute atomic E-state index is 12.2. The van der Waals surface area contributed by atoms with Crippen molar-refractivity contribution >= 4 is 29.8 Å². The number of hydrogen-bond acceptors (Lipinski definition) is 6. The standard InChI is InChI=1S/C29H55BrNO7P/c1-2-3-4-5-6-7-8-9-10-11-12-13-14-15-16-17-21-31-29(32)35-23-25-26(28-19-18-27(25)38-28)24-37-39(33,34)36-22-20-30/h25-28H,2-24H2,1H3,(H,31,32)(H,33,34)/t25-,26-,27+,28-/m1/s1. The first-order chi connectivity index (χ1) is 19.0. The van der Waals surface area contributed by atoms with Crippen LogP contribution in [0, 0.1) is 11.8 Å². The van der Waals surface area contributed by atoms with Gasteiger partial charge in [-0.2, -0.15) is 0 Å². The average Bonchev–Trinajstić information content (AvgIpc) is 3.53. The number of unbranched alkanes of at least 4 members (excludes halogenated alkanes) is 15. The van der Waals surface area contributed by atoms with E-state index >= 15 is 0 Å². The molecule has 0 aromatic heterocycles. The highest BCUT2D eigenvalue weighted by atomic mass is 79.9. The first kappa shape index (κ1) is 35.0. The molecule has 5 atom stereocenters. The lowest BCUT2D eigenvalue weighted by atomic mass is 9.80. The number of fused-ring (bicyclic) bond motifs is 2. The second-order valence-electron chi connectivity index (χ2n) is 11.2. The number of carbonyl (C=O) groups is 1. The number of alkyl halides is 1. The molecule has 2 fully saturated rings. The summed E-state index contributed by atoms with van der Waals surface area (Å²) in [5.41, 5.74) is 0. The number of rotatable bonds is 25. The molecule has 0 saturated carbocycles. The summed E-state index contributed by atoms with van der Waals surface area (Å²) in [7, 11) is -4.10. The summed E-state index contributed by atoms with van der Waals surface area (Å²) in [6.07, 6.45) is 22.5. The predicted octanol–water partition coefficient (Wildman–Crippen LogP) is 8.30. The maximum atomic E-state index is 12.2. The van der Waals surface area contributed by atoms with E-state index in [9.17, 15) is 14.3 Å². The minimum Gasteiger partial charge on any atom is -0.449 e. The molecular formula is C29H55BrNO7P. The monoisotopic (exact) mass is 639 g/mol. The van der Waals surface area contributed by atoms with Gasteiger partial charge >= 0.3 is 13.9 Å². The number of carbonyl (C=O) groups excluding carboxylic acids is 1. The van der Waals surface area contributed by atoms with Crippen LogP contribution in [0.3, 0.4) is 0 Å². The summed E-state index contributed by atoms with van der Waals surface area (Å²) in [5, 5.41) is 3.30. The number of hydrogen-bond donors (Lipinski definition) is 2. The normalized spacial score (nSPS) is 23.7. The Kier molecular flexibility index (Phi) is 19.3. The third-order valence-corrected chi connectivity index (χ3v) is 9.37. The van der Waals surface area contributed by atoms with E-state index < -0.39 is 13.9 Å². The fourth-order valence-corrected chi connectivity index (χ4v) is 6.96. The third kappa shape index (κ3) is 15.6. The van der Waals surface area contributed by atoms with Crippen molar-refractivity contribution in [3.63, 3.8) is 0 Å². The number of ether oxygens (including phenoxy) is 2. The van der Waals surface area contributed by atoms with E-state index in [1.54, 1.807) is 0 Å². The van der Waals surface area contributed by atoms with Crippen LogP contribution in [0.25, 0.3) is 0 Å². The quantitative estimate of drug-likeness (QED) is 0.0588. The van der Waals surface area contributed by atoms with Crippen LogP contribution in [-0.4, -0.2) is 54.9 Å². The van der Waals surface area contributed by atoms with Gasteiger partial charge in [0.2, 0.25) is 0 Å². The summed E-state index contributed by atoms with van der Waals surface area (Å²) >= 11 is 3.16. The van der Waals surface area contributed by atoms with Gasteiger partial charge in [-0.1, -0.05) is 119 Å². The lowest BCUT2D eigenvalue weighted by Gasteiger charge is -2.27. The largest absolute Gasteiger partial charge is 0.472 e. The van der Waals surface area contributed by atoms with Gasteiger partial charge in [0.1, 0.15) is 0 Å². The van der Waals surface area contributed by atoms with Crippen LogP contribution < -0.4 is 5.32 Å². The van der Waals surface area contributed by atoms with Crippen LogP contribution in [0.1, 0.15) is 122 Å². The number of phosphoric ester groups is 1. The second-order valence-corrected chi connectivity index (χ2v) is 13.5. The van der Waals surface area contributed by atoms with Gasteiger partial charge in [-0.15, -0.1) is 0 Å². The molecule has 0 spiro atoms. The fourth-order valence-electron chi connectivity index (χ4n) is 5.79. The number of amides is 1. The van der Waals surface area contributed by atoms with Gasteiger partial charge in [0.05, 0.1) is 32.0 Å². The highest BCUT2D eigenvalue weighted by Crippen LogP contribution is 2.48. The van der Waals surface area contributed by atoms with Gasteiger partial charge in [-0.3, -0.25) is 9.05 Å². The third-order valence-electron chi connectivity index (χ3n) is 8.06. The first-order valence-corrected chi connectivity index (χ1v) is 18.3. The zero-order chi connectivity index (χ0) is 28.2. The molecule has 2 aliphatic heterocycles. The van der Waals surface area contributed by atoms with Gasteiger partial charge in [0.25, 0.3) is 0 Å². The number of phosphoric acid groups is 1. The Morgan fingerprint density at radius 1 is 0.821 bits per heavy atom. The van der Waals surface area contributed by atoms with Crippen molar-refractivity contribution in [2.24, 2.45) is 11.8 Å². The van der Waals surface area contributed by atoms with Crippen molar-refractivity contribution in [1.29, 1.82) is 0 Å². The second kappa shape index (κ2) is 21.5. The van der Waals surface area contributed by atoms with Crippen molar-refractivity contribution in [3.05, 3.63) is 0 Å². The summed E-state index contributed by atoms with van der Waals surface area (Å²) < 4.78 is 33.5. The maximum Gasteiger partial charge on any atom is 0.472 e. The van der Waals surface area contributed by atoms with E-state index in [-0.39, 0.29) is 43.9 Å². The smallest absolute Gasteiger partial charge is 0.449 e. The number of nitrogens with one attached hydrogen (secondary N) is 1. The van der Waals surface area contributed by atoms with Gasteiger partial charge < -0.3 is 19.7 Å². The van der Waals surface area contributed by atoms with Crippen LogP contribution in [0.4, 0.5) is 4.79 Å². The summed E-state index contributed by atoms with van der Waals surface area (Å²) in [6, 6.07) is 0. The Morgan fingerprint density at radius 2 is 1.31 bits per heavy atom. The molecule has 10 heteroatoms. The van der Waals surface area contributed by atoms with Crippen molar-refractivity contribution in [3.8, 4) is 0 Å². The molecule has 2 saturated heterocycles. The molecule has 0 aliphatic carbocycles. The summed E-state index contributed by atoms with van der Waals surface area (Å²) in [6.45, 7) is 3.25. The molecule has 1 unspecified atom stereocenters. The molecule has 2 rings (SSSR count). The van der Waals surface area contributed by atoms with E-state index in [2.05, 4.69) is 28.2 Å². The lowest BCUT2D eigenvalue weighted by molar-refractivity contribution is 0.0699. The lowest BCUT2D eigenvalue weighted by Crippen LogP contribution is -2.36. The van der Waals surface area contributed by atoms with E-state index in [0.29, 0.717) is 11.9 Å². The Balaban J connectivity index is 1.42. The first-order valence-electron chi connectivity index (χ1n) is 15.7. The molecule has 2 aliphatic rings. The zero-order valence-electron chi connectivity index (χ0n) is 24.3. The van der Waals surface area contributed by atoms with Gasteiger partial charge in [-0.25, -0.2) is 9.36 Å². The molecule has 0 aromatic rings. The minimum absolute atomic E-state index is 0.00161. The molecule has 8 nitrogen and oxygen atoms in total. The Labute approximate surface area is 245 Å². The van der Waals surface area contributed by atoms with Gasteiger partial charge in [0.15, 0.2) is 0 Å². The van der Waals surface area contributed by atoms with Crippen molar-refractivity contribution in [2.45, 2.75) is 135 Å². The molecule has 2 N–H and O–H groups in total. The Morgan fingerprint density at radius 3 is 1.82 bits per heavy atom. The van der Waals surface area contributed by atoms with E-state index in [1.165, 1.54) is 89.9 Å².